The van der Waals surface area contributed by atoms with Gasteiger partial charge in [-0.2, -0.15) is 5.26 Å². The first-order chi connectivity index (χ1) is 8.02. The van der Waals surface area contributed by atoms with Crippen molar-refractivity contribution in [2.24, 2.45) is 5.41 Å². The van der Waals surface area contributed by atoms with E-state index in [-0.39, 0.29) is 11.3 Å². The summed E-state index contributed by atoms with van der Waals surface area (Å²) in [6.45, 7) is 8.60. The Morgan fingerprint density at radius 3 is 2.65 bits per heavy atom. The number of nitriles is 1. The summed E-state index contributed by atoms with van der Waals surface area (Å²) in [6.07, 6.45) is 2.97. The van der Waals surface area contributed by atoms with E-state index in [0.29, 0.717) is 19.4 Å². The van der Waals surface area contributed by atoms with E-state index in [1.54, 1.807) is 0 Å². The molecule has 0 radical (unpaired) electrons. The van der Waals surface area contributed by atoms with Crippen molar-refractivity contribution in [2.45, 2.75) is 46.5 Å². The first-order valence-electron chi connectivity index (χ1n) is 6.36. The van der Waals surface area contributed by atoms with Gasteiger partial charge < -0.3 is 10.6 Å². The van der Waals surface area contributed by atoms with E-state index in [1.807, 2.05) is 6.92 Å². The first-order valence-corrected chi connectivity index (χ1v) is 6.36. The molecule has 0 rings (SSSR count). The molecule has 0 bridgehead atoms. The lowest BCUT2D eigenvalue weighted by Gasteiger charge is -2.23. The summed E-state index contributed by atoms with van der Waals surface area (Å²) in [4.78, 5) is 11.3. The average molecular weight is 239 g/mol. The van der Waals surface area contributed by atoms with E-state index in [4.69, 9.17) is 5.26 Å². The van der Waals surface area contributed by atoms with Crippen molar-refractivity contribution < 1.29 is 4.79 Å². The van der Waals surface area contributed by atoms with E-state index in [0.717, 1.165) is 25.9 Å². The smallest absolute Gasteiger partial charge is 0.221 e. The molecule has 0 saturated heterocycles. The molecule has 0 heterocycles. The molecule has 0 aliphatic rings. The standard InChI is InChI=1S/C13H25N3O/c1-4-9-16-12(17)6-10-15-11-13(2,3)7-5-8-14/h15H,4-7,9-11H2,1-3H3,(H,16,17). The molecular formula is C13H25N3O. The Morgan fingerprint density at radius 1 is 1.35 bits per heavy atom. The molecule has 0 spiro atoms. The Bertz CT molecular complexity index is 256. The van der Waals surface area contributed by atoms with Crippen LogP contribution in [0.1, 0.15) is 46.5 Å². The normalized spacial score (nSPS) is 10.9. The average Bonchev–Trinajstić information content (AvgIpc) is 2.29. The number of rotatable bonds is 9. The fourth-order valence-corrected chi connectivity index (χ4v) is 1.46. The van der Waals surface area contributed by atoms with Crippen LogP contribution in [-0.2, 0) is 4.79 Å². The molecule has 0 fully saturated rings. The van der Waals surface area contributed by atoms with Crippen LogP contribution in [0.5, 0.6) is 0 Å². The Balaban J connectivity index is 3.56. The van der Waals surface area contributed by atoms with Crippen molar-refractivity contribution in [1.82, 2.24) is 10.6 Å². The van der Waals surface area contributed by atoms with Crippen LogP contribution in [0.15, 0.2) is 0 Å². The molecule has 0 aromatic heterocycles. The zero-order chi connectivity index (χ0) is 13.1. The number of carbonyl (C=O) groups is 1. The second-order valence-electron chi connectivity index (χ2n) is 5.10. The van der Waals surface area contributed by atoms with Crippen molar-refractivity contribution in [2.75, 3.05) is 19.6 Å². The van der Waals surface area contributed by atoms with Gasteiger partial charge in [-0.1, -0.05) is 20.8 Å². The van der Waals surface area contributed by atoms with E-state index in [2.05, 4.69) is 30.6 Å². The molecule has 0 unspecified atom stereocenters. The highest BCUT2D eigenvalue weighted by molar-refractivity contribution is 5.75. The number of hydrogen-bond acceptors (Lipinski definition) is 3. The van der Waals surface area contributed by atoms with Crippen molar-refractivity contribution in [1.29, 1.82) is 5.26 Å². The largest absolute Gasteiger partial charge is 0.356 e. The minimum Gasteiger partial charge on any atom is -0.356 e. The molecular weight excluding hydrogens is 214 g/mol. The molecule has 0 aromatic rings. The molecule has 1 amide bonds. The molecule has 4 heteroatoms. The van der Waals surface area contributed by atoms with Crippen LogP contribution >= 0.6 is 0 Å². The maximum Gasteiger partial charge on any atom is 0.221 e. The predicted octanol–water partition coefficient (Wildman–Crippen LogP) is 1.82. The second kappa shape index (κ2) is 9.00. The minimum atomic E-state index is 0.106. The number of carbonyl (C=O) groups excluding carboxylic acids is 1. The van der Waals surface area contributed by atoms with Gasteiger partial charge in [-0.3, -0.25) is 4.79 Å². The molecule has 0 saturated carbocycles. The van der Waals surface area contributed by atoms with Crippen molar-refractivity contribution in [3.63, 3.8) is 0 Å². The van der Waals surface area contributed by atoms with Gasteiger partial charge in [0.05, 0.1) is 6.07 Å². The second-order valence-corrected chi connectivity index (χ2v) is 5.10. The van der Waals surface area contributed by atoms with Gasteiger partial charge >= 0.3 is 0 Å². The van der Waals surface area contributed by atoms with Gasteiger partial charge in [0, 0.05) is 32.5 Å². The third kappa shape index (κ3) is 9.83. The predicted molar refractivity (Wildman–Crippen MR) is 69.4 cm³/mol. The lowest BCUT2D eigenvalue weighted by atomic mass is 9.88. The van der Waals surface area contributed by atoms with Crippen LogP contribution in [0, 0.1) is 16.7 Å². The van der Waals surface area contributed by atoms with Gasteiger partial charge in [-0.15, -0.1) is 0 Å². The maximum absolute atomic E-state index is 11.3. The quantitative estimate of drug-likeness (QED) is 0.603. The van der Waals surface area contributed by atoms with E-state index >= 15 is 0 Å². The van der Waals surface area contributed by atoms with Crippen molar-refractivity contribution >= 4 is 5.91 Å². The molecule has 0 aliphatic heterocycles. The number of nitrogens with zero attached hydrogens (tertiary/aromatic N) is 1. The van der Waals surface area contributed by atoms with E-state index < -0.39 is 0 Å². The van der Waals surface area contributed by atoms with Gasteiger partial charge in [0.25, 0.3) is 0 Å². The number of nitrogens with one attached hydrogen (secondary N) is 2. The number of amides is 1. The van der Waals surface area contributed by atoms with Gasteiger partial charge in [0.15, 0.2) is 0 Å². The van der Waals surface area contributed by atoms with Crippen molar-refractivity contribution in [3.8, 4) is 6.07 Å². The fraction of sp³-hybridized carbons (Fsp3) is 0.846. The molecule has 4 nitrogen and oxygen atoms in total. The van der Waals surface area contributed by atoms with Crippen LogP contribution in [-0.4, -0.2) is 25.5 Å². The summed E-state index contributed by atoms with van der Waals surface area (Å²) in [5.41, 5.74) is 0.121. The van der Waals surface area contributed by atoms with Crippen LogP contribution < -0.4 is 10.6 Å². The topological polar surface area (TPSA) is 64.9 Å². The van der Waals surface area contributed by atoms with Gasteiger partial charge in [0.1, 0.15) is 0 Å². The maximum atomic E-state index is 11.3. The van der Waals surface area contributed by atoms with Crippen molar-refractivity contribution in [3.05, 3.63) is 0 Å². The third-order valence-electron chi connectivity index (χ3n) is 2.62. The Labute approximate surface area is 105 Å². The molecule has 17 heavy (non-hydrogen) atoms. The molecule has 0 aliphatic carbocycles. The Kier molecular flexibility index (Phi) is 8.43. The Morgan fingerprint density at radius 2 is 2.06 bits per heavy atom. The summed E-state index contributed by atoms with van der Waals surface area (Å²) in [6, 6.07) is 2.16. The van der Waals surface area contributed by atoms with Crippen LogP contribution in [0.25, 0.3) is 0 Å². The highest BCUT2D eigenvalue weighted by Crippen LogP contribution is 2.20. The lowest BCUT2D eigenvalue weighted by Crippen LogP contribution is -2.33. The highest BCUT2D eigenvalue weighted by atomic mass is 16.1. The summed E-state index contributed by atoms with van der Waals surface area (Å²) in [7, 11) is 0. The summed E-state index contributed by atoms with van der Waals surface area (Å²) >= 11 is 0. The first kappa shape index (κ1) is 15.9. The van der Waals surface area contributed by atoms with Gasteiger partial charge in [-0.25, -0.2) is 0 Å². The zero-order valence-corrected chi connectivity index (χ0v) is 11.3. The highest BCUT2D eigenvalue weighted by Gasteiger charge is 2.16. The minimum absolute atomic E-state index is 0.106. The lowest BCUT2D eigenvalue weighted by molar-refractivity contribution is -0.121. The molecule has 0 atom stereocenters. The third-order valence-corrected chi connectivity index (χ3v) is 2.62. The monoisotopic (exact) mass is 239 g/mol. The van der Waals surface area contributed by atoms with Crippen LogP contribution in [0.2, 0.25) is 0 Å². The van der Waals surface area contributed by atoms with E-state index in [1.165, 1.54) is 0 Å². The summed E-state index contributed by atoms with van der Waals surface area (Å²) < 4.78 is 0. The SMILES string of the molecule is CCCNC(=O)CCNCC(C)(C)CCC#N. The Hall–Kier alpha value is -1.08. The molecule has 0 aromatic carbocycles. The number of hydrogen-bond donors (Lipinski definition) is 2. The van der Waals surface area contributed by atoms with E-state index in [9.17, 15) is 4.79 Å². The zero-order valence-electron chi connectivity index (χ0n) is 11.3. The van der Waals surface area contributed by atoms with Gasteiger partial charge in [0.2, 0.25) is 5.91 Å². The molecule has 2 N–H and O–H groups in total. The van der Waals surface area contributed by atoms with Gasteiger partial charge in [-0.05, 0) is 18.3 Å². The molecule has 98 valence electrons. The van der Waals surface area contributed by atoms with Crippen LogP contribution in [0.3, 0.4) is 0 Å². The van der Waals surface area contributed by atoms with Crippen LogP contribution in [0.4, 0.5) is 0 Å². The summed E-state index contributed by atoms with van der Waals surface area (Å²) in [5.74, 6) is 0.106. The fourth-order valence-electron chi connectivity index (χ4n) is 1.46. The summed E-state index contributed by atoms with van der Waals surface area (Å²) in [5, 5.41) is 14.6.